The van der Waals surface area contributed by atoms with Crippen LogP contribution in [-0.4, -0.2) is 41.6 Å². The third-order valence-electron chi connectivity index (χ3n) is 4.80. The van der Waals surface area contributed by atoms with Gasteiger partial charge < -0.3 is 10.4 Å². The number of aliphatic hydroxyl groups excluding tert-OH is 1. The van der Waals surface area contributed by atoms with Gasteiger partial charge >= 0.3 is 0 Å². The van der Waals surface area contributed by atoms with Gasteiger partial charge in [0.1, 0.15) is 0 Å². The van der Waals surface area contributed by atoms with Crippen LogP contribution in [0.25, 0.3) is 0 Å². The number of carbonyl (C=O) groups is 1. The van der Waals surface area contributed by atoms with E-state index in [0.717, 1.165) is 44.3 Å². The second-order valence-corrected chi connectivity index (χ2v) is 6.65. The van der Waals surface area contributed by atoms with Crippen molar-refractivity contribution in [1.29, 1.82) is 0 Å². The number of carbonyl (C=O) groups excluding carboxylic acids is 1. The number of nitrogens with zero attached hydrogens (tertiary/aromatic N) is 1. The number of nitrogens with one attached hydrogen (secondary N) is 1. The van der Waals surface area contributed by atoms with Gasteiger partial charge in [0.15, 0.2) is 0 Å². The highest BCUT2D eigenvalue weighted by atomic mass is 16.3. The van der Waals surface area contributed by atoms with E-state index < -0.39 is 6.10 Å². The number of hydrogen-bond acceptors (Lipinski definition) is 3. The van der Waals surface area contributed by atoms with Crippen LogP contribution in [0, 0.1) is 5.92 Å². The van der Waals surface area contributed by atoms with E-state index in [9.17, 15) is 9.90 Å². The first kappa shape index (κ1) is 18.0. The van der Waals surface area contributed by atoms with E-state index in [4.69, 9.17) is 0 Å². The zero-order valence-corrected chi connectivity index (χ0v) is 14.4. The Balaban J connectivity index is 1.89. The van der Waals surface area contributed by atoms with Crippen LogP contribution < -0.4 is 5.32 Å². The highest BCUT2D eigenvalue weighted by molar-refractivity contribution is 5.78. The molecule has 23 heavy (non-hydrogen) atoms. The van der Waals surface area contributed by atoms with Crippen molar-refractivity contribution in [2.24, 2.45) is 5.92 Å². The number of benzene rings is 1. The van der Waals surface area contributed by atoms with Gasteiger partial charge in [-0.05, 0) is 31.7 Å². The Morgan fingerprint density at radius 2 is 2.09 bits per heavy atom. The van der Waals surface area contributed by atoms with Crippen LogP contribution >= 0.6 is 0 Å². The average Bonchev–Trinajstić information content (AvgIpc) is 2.57. The molecule has 3 unspecified atom stereocenters. The number of piperidine rings is 1. The summed E-state index contributed by atoms with van der Waals surface area (Å²) >= 11 is 0. The zero-order valence-electron chi connectivity index (χ0n) is 14.4. The van der Waals surface area contributed by atoms with Gasteiger partial charge in [-0.3, -0.25) is 9.69 Å². The summed E-state index contributed by atoms with van der Waals surface area (Å²) in [5.41, 5.74) is 0.939. The third-order valence-corrected chi connectivity index (χ3v) is 4.80. The van der Waals surface area contributed by atoms with Gasteiger partial charge in [0.25, 0.3) is 0 Å². The number of β-amino-alcohol motifs (C(OH)–C–C–N with tert-alkyl or cyclic N) is 1. The number of unbranched alkanes of at least 4 members (excludes halogenated alkanes) is 1. The summed E-state index contributed by atoms with van der Waals surface area (Å²) in [6.45, 7) is 6.41. The molecule has 1 fully saturated rings. The van der Waals surface area contributed by atoms with E-state index in [1.165, 1.54) is 0 Å². The van der Waals surface area contributed by atoms with Gasteiger partial charge in [-0.25, -0.2) is 0 Å². The standard InChI is InChI=1S/C19H30N2O2/c1-3-4-12-20-19(23)17-11-10-15(2)21(13-17)14-18(22)16-8-6-5-7-9-16/h5-9,15,17-18,22H,3-4,10-14H2,1-2H3,(H,20,23). The van der Waals surface area contributed by atoms with Crippen molar-refractivity contribution in [3.8, 4) is 0 Å². The molecule has 1 aliphatic rings. The Kier molecular flexibility index (Phi) is 7.06. The van der Waals surface area contributed by atoms with E-state index >= 15 is 0 Å². The zero-order chi connectivity index (χ0) is 16.7. The Hall–Kier alpha value is -1.39. The molecule has 0 spiro atoms. The summed E-state index contributed by atoms with van der Waals surface area (Å²) in [5.74, 6) is 0.218. The van der Waals surface area contributed by atoms with Gasteiger partial charge in [-0.15, -0.1) is 0 Å². The lowest BCUT2D eigenvalue weighted by Gasteiger charge is -2.38. The fourth-order valence-electron chi connectivity index (χ4n) is 3.18. The van der Waals surface area contributed by atoms with E-state index in [2.05, 4.69) is 24.1 Å². The quantitative estimate of drug-likeness (QED) is 0.760. The monoisotopic (exact) mass is 318 g/mol. The first-order valence-electron chi connectivity index (χ1n) is 8.86. The molecule has 0 radical (unpaired) electrons. The van der Waals surface area contributed by atoms with Crippen molar-refractivity contribution in [3.05, 3.63) is 35.9 Å². The fourth-order valence-corrected chi connectivity index (χ4v) is 3.18. The Labute approximate surface area is 139 Å². The van der Waals surface area contributed by atoms with Crippen molar-refractivity contribution in [2.75, 3.05) is 19.6 Å². The number of aliphatic hydroxyl groups is 1. The molecule has 2 N–H and O–H groups in total. The molecule has 1 aromatic carbocycles. The Morgan fingerprint density at radius 1 is 1.35 bits per heavy atom. The van der Waals surface area contributed by atoms with Crippen molar-refractivity contribution < 1.29 is 9.90 Å². The molecular weight excluding hydrogens is 288 g/mol. The molecule has 1 saturated heterocycles. The summed E-state index contributed by atoms with van der Waals surface area (Å²) in [6.07, 6.45) is 3.58. The van der Waals surface area contributed by atoms with Crippen LogP contribution in [0.4, 0.5) is 0 Å². The Morgan fingerprint density at radius 3 is 2.78 bits per heavy atom. The number of hydrogen-bond donors (Lipinski definition) is 2. The van der Waals surface area contributed by atoms with Crippen LogP contribution in [0.2, 0.25) is 0 Å². The lowest BCUT2D eigenvalue weighted by molar-refractivity contribution is -0.127. The molecule has 1 aromatic rings. The lowest BCUT2D eigenvalue weighted by atomic mass is 9.92. The highest BCUT2D eigenvalue weighted by Gasteiger charge is 2.30. The molecule has 0 aliphatic carbocycles. The van der Waals surface area contributed by atoms with Crippen molar-refractivity contribution in [2.45, 2.75) is 51.7 Å². The van der Waals surface area contributed by atoms with Crippen molar-refractivity contribution in [3.63, 3.8) is 0 Å². The van der Waals surface area contributed by atoms with Crippen LogP contribution in [-0.2, 0) is 4.79 Å². The first-order valence-corrected chi connectivity index (χ1v) is 8.86. The topological polar surface area (TPSA) is 52.6 Å². The van der Waals surface area contributed by atoms with Gasteiger partial charge in [-0.2, -0.15) is 0 Å². The first-order chi connectivity index (χ1) is 11.1. The minimum absolute atomic E-state index is 0.0472. The predicted octanol–water partition coefficient (Wildman–Crippen LogP) is 2.74. The number of rotatable bonds is 7. The normalized spacial score (nSPS) is 23.4. The molecule has 3 atom stereocenters. The number of likely N-dealkylation sites (tertiary alicyclic amines) is 1. The molecule has 0 bridgehead atoms. The second kappa shape index (κ2) is 9.04. The molecule has 128 valence electrons. The summed E-state index contributed by atoms with van der Waals surface area (Å²) in [6, 6.07) is 10.2. The predicted molar refractivity (Wildman–Crippen MR) is 93.1 cm³/mol. The molecule has 1 aliphatic heterocycles. The molecule has 0 aromatic heterocycles. The fraction of sp³-hybridized carbons (Fsp3) is 0.632. The number of amides is 1. The second-order valence-electron chi connectivity index (χ2n) is 6.65. The highest BCUT2D eigenvalue weighted by Crippen LogP contribution is 2.25. The molecular formula is C19H30N2O2. The van der Waals surface area contributed by atoms with Crippen LogP contribution in [0.1, 0.15) is 51.2 Å². The third kappa shape index (κ3) is 5.33. The molecule has 1 heterocycles. The minimum Gasteiger partial charge on any atom is -0.387 e. The van der Waals surface area contributed by atoms with E-state index in [1.807, 2.05) is 30.3 Å². The maximum Gasteiger partial charge on any atom is 0.224 e. The summed E-state index contributed by atoms with van der Waals surface area (Å²) < 4.78 is 0. The van der Waals surface area contributed by atoms with Crippen molar-refractivity contribution >= 4 is 5.91 Å². The molecule has 4 nitrogen and oxygen atoms in total. The van der Waals surface area contributed by atoms with E-state index in [1.54, 1.807) is 0 Å². The summed E-state index contributed by atoms with van der Waals surface area (Å²) in [4.78, 5) is 14.5. The van der Waals surface area contributed by atoms with Crippen LogP contribution in [0.3, 0.4) is 0 Å². The largest absolute Gasteiger partial charge is 0.387 e. The van der Waals surface area contributed by atoms with Crippen LogP contribution in [0.5, 0.6) is 0 Å². The Bertz CT molecular complexity index is 478. The maximum absolute atomic E-state index is 12.3. The minimum atomic E-state index is -0.499. The van der Waals surface area contributed by atoms with Crippen LogP contribution in [0.15, 0.2) is 30.3 Å². The molecule has 2 rings (SSSR count). The smallest absolute Gasteiger partial charge is 0.224 e. The molecule has 0 saturated carbocycles. The van der Waals surface area contributed by atoms with Gasteiger partial charge in [-0.1, -0.05) is 43.7 Å². The maximum atomic E-state index is 12.3. The summed E-state index contributed by atoms with van der Waals surface area (Å²) in [7, 11) is 0. The lowest BCUT2D eigenvalue weighted by Crippen LogP contribution is -2.48. The van der Waals surface area contributed by atoms with E-state index in [-0.39, 0.29) is 11.8 Å². The SMILES string of the molecule is CCCCNC(=O)C1CCC(C)N(CC(O)c2ccccc2)C1. The molecule has 4 heteroatoms. The average molecular weight is 318 g/mol. The van der Waals surface area contributed by atoms with Gasteiger partial charge in [0, 0.05) is 25.7 Å². The van der Waals surface area contributed by atoms with Gasteiger partial charge in [0.05, 0.1) is 12.0 Å². The molecule has 1 amide bonds. The van der Waals surface area contributed by atoms with Gasteiger partial charge in [0.2, 0.25) is 5.91 Å². The summed E-state index contributed by atoms with van der Waals surface area (Å²) in [5, 5.41) is 13.5. The van der Waals surface area contributed by atoms with E-state index in [0.29, 0.717) is 12.6 Å². The van der Waals surface area contributed by atoms with Crippen molar-refractivity contribution in [1.82, 2.24) is 10.2 Å².